The van der Waals surface area contributed by atoms with Gasteiger partial charge in [0.05, 0.1) is 6.04 Å². The smallest absolute Gasteiger partial charge is 0.289 e. The molecule has 3 rings (SSSR count). The number of nitrogens with zero attached hydrogens (tertiary/aromatic N) is 1. The lowest BCUT2D eigenvalue weighted by Crippen LogP contribution is -2.46. The molecule has 0 aliphatic carbocycles. The second-order valence-corrected chi connectivity index (χ2v) is 7.22. The summed E-state index contributed by atoms with van der Waals surface area (Å²) >= 11 is 0. The lowest BCUT2D eigenvalue weighted by atomic mass is 9.97. The van der Waals surface area contributed by atoms with Crippen molar-refractivity contribution in [1.29, 1.82) is 0 Å². The molecule has 25 heavy (non-hydrogen) atoms. The van der Waals surface area contributed by atoms with Crippen LogP contribution in [-0.2, 0) is 11.2 Å². The van der Waals surface area contributed by atoms with Crippen LogP contribution >= 0.6 is 0 Å². The van der Waals surface area contributed by atoms with Crippen LogP contribution in [0, 0.1) is 12.8 Å². The van der Waals surface area contributed by atoms with E-state index in [2.05, 4.69) is 10.6 Å². The van der Waals surface area contributed by atoms with Gasteiger partial charge in [-0.15, -0.1) is 0 Å². The Labute approximate surface area is 149 Å². The van der Waals surface area contributed by atoms with Crippen LogP contribution in [0.25, 0.3) is 0 Å². The minimum Gasteiger partial charge on any atom is -0.456 e. The van der Waals surface area contributed by atoms with Gasteiger partial charge in [-0.1, -0.05) is 6.92 Å². The maximum absolute atomic E-state index is 12.7. The van der Waals surface area contributed by atoms with Gasteiger partial charge in [0.1, 0.15) is 5.76 Å². The van der Waals surface area contributed by atoms with Gasteiger partial charge in [0.15, 0.2) is 5.76 Å². The van der Waals surface area contributed by atoms with Crippen molar-refractivity contribution in [2.75, 3.05) is 26.2 Å². The van der Waals surface area contributed by atoms with Crippen LogP contribution in [0.5, 0.6) is 0 Å². The number of nitrogens with one attached hydrogen (secondary N) is 2. The molecule has 1 aromatic rings. The van der Waals surface area contributed by atoms with Gasteiger partial charge in [0.25, 0.3) is 5.91 Å². The largest absolute Gasteiger partial charge is 0.456 e. The average Bonchev–Trinajstić information content (AvgIpc) is 3.29. The maximum Gasteiger partial charge on any atom is 0.289 e. The van der Waals surface area contributed by atoms with Gasteiger partial charge in [0, 0.05) is 26.1 Å². The minimum atomic E-state index is -0.0418. The van der Waals surface area contributed by atoms with E-state index in [1.54, 1.807) is 0 Å². The Morgan fingerprint density at radius 2 is 2.20 bits per heavy atom. The Bertz CT molecular complexity index is 619. The first-order chi connectivity index (χ1) is 12.1. The third kappa shape index (κ3) is 4.24. The minimum absolute atomic E-state index is 0.0312. The molecule has 6 heteroatoms. The number of hydrogen-bond acceptors (Lipinski definition) is 4. The van der Waals surface area contributed by atoms with Gasteiger partial charge >= 0.3 is 0 Å². The molecule has 3 heterocycles. The first-order valence-electron chi connectivity index (χ1n) is 9.48. The molecular formula is C19H29N3O3. The highest BCUT2D eigenvalue weighted by atomic mass is 16.4. The fourth-order valence-electron chi connectivity index (χ4n) is 3.82. The molecule has 0 unspecified atom stereocenters. The van der Waals surface area contributed by atoms with Crippen LogP contribution in [0.3, 0.4) is 0 Å². The number of furan rings is 1. The lowest BCUT2D eigenvalue weighted by molar-refractivity contribution is -0.123. The van der Waals surface area contributed by atoms with Crippen LogP contribution < -0.4 is 10.6 Å². The second kappa shape index (κ2) is 8.04. The van der Waals surface area contributed by atoms with Crippen molar-refractivity contribution in [3.63, 3.8) is 0 Å². The normalized spacial score (nSPS) is 23.7. The summed E-state index contributed by atoms with van der Waals surface area (Å²) in [5.74, 6) is 1.69. The van der Waals surface area contributed by atoms with Gasteiger partial charge in [-0.05, 0) is 56.7 Å². The van der Waals surface area contributed by atoms with Gasteiger partial charge < -0.3 is 20.0 Å². The zero-order chi connectivity index (χ0) is 17.8. The first kappa shape index (κ1) is 18.0. The van der Waals surface area contributed by atoms with E-state index in [1.165, 1.54) is 0 Å². The molecule has 0 bridgehead atoms. The molecule has 0 spiro atoms. The summed E-state index contributed by atoms with van der Waals surface area (Å²) in [5.41, 5.74) is 1.04. The SMILES string of the molecule is CCc1oc(C(=O)N2CCC[C@@H](CNC(=O)[C@H]3CCCN3)C2)cc1C. The number of hydrogen-bond donors (Lipinski definition) is 2. The zero-order valence-electron chi connectivity index (χ0n) is 15.3. The second-order valence-electron chi connectivity index (χ2n) is 7.22. The van der Waals surface area contributed by atoms with Crippen molar-refractivity contribution in [3.05, 3.63) is 23.2 Å². The molecule has 2 fully saturated rings. The Morgan fingerprint density at radius 3 is 2.88 bits per heavy atom. The molecule has 2 N–H and O–H groups in total. The summed E-state index contributed by atoms with van der Waals surface area (Å²) in [6, 6.07) is 1.80. The molecule has 2 atom stereocenters. The standard InChI is InChI=1S/C19H29N3O3/c1-3-16-13(2)10-17(25-16)19(24)22-9-5-6-14(12-22)11-21-18(23)15-7-4-8-20-15/h10,14-15,20H,3-9,11-12H2,1-2H3,(H,21,23)/t14-,15+/m0/s1. The number of aryl methyl sites for hydroxylation is 2. The van der Waals surface area contributed by atoms with Crippen molar-refractivity contribution in [2.24, 2.45) is 5.92 Å². The topological polar surface area (TPSA) is 74.6 Å². The van der Waals surface area contributed by atoms with Gasteiger partial charge in [-0.2, -0.15) is 0 Å². The summed E-state index contributed by atoms with van der Waals surface area (Å²) in [5, 5.41) is 6.27. The number of carbonyl (C=O) groups is 2. The number of likely N-dealkylation sites (tertiary alicyclic amines) is 1. The van der Waals surface area contributed by atoms with Gasteiger partial charge in [0.2, 0.25) is 5.91 Å². The van der Waals surface area contributed by atoms with Crippen LogP contribution in [0.15, 0.2) is 10.5 Å². The van der Waals surface area contributed by atoms with Crippen LogP contribution in [0.1, 0.15) is 54.5 Å². The summed E-state index contributed by atoms with van der Waals surface area (Å²) in [6.45, 7) is 7.00. The molecule has 2 amide bonds. The Balaban J connectivity index is 1.53. The molecule has 6 nitrogen and oxygen atoms in total. The predicted molar refractivity (Wildman–Crippen MR) is 95.5 cm³/mol. The summed E-state index contributed by atoms with van der Waals surface area (Å²) in [4.78, 5) is 26.7. The van der Waals surface area contributed by atoms with Crippen LogP contribution in [0.2, 0.25) is 0 Å². The van der Waals surface area contributed by atoms with E-state index in [0.29, 0.717) is 24.8 Å². The van der Waals surface area contributed by atoms with E-state index in [9.17, 15) is 9.59 Å². The Hall–Kier alpha value is -1.82. The Kier molecular flexibility index (Phi) is 5.78. The van der Waals surface area contributed by atoms with Crippen molar-refractivity contribution >= 4 is 11.8 Å². The van der Waals surface area contributed by atoms with Crippen molar-refractivity contribution in [1.82, 2.24) is 15.5 Å². The van der Waals surface area contributed by atoms with E-state index >= 15 is 0 Å². The van der Waals surface area contributed by atoms with E-state index < -0.39 is 0 Å². The highest BCUT2D eigenvalue weighted by Gasteiger charge is 2.28. The molecule has 138 valence electrons. The highest BCUT2D eigenvalue weighted by Crippen LogP contribution is 2.21. The van der Waals surface area contributed by atoms with Crippen molar-refractivity contribution in [2.45, 2.75) is 52.0 Å². The number of rotatable bonds is 5. The van der Waals surface area contributed by atoms with Gasteiger partial charge in [-0.3, -0.25) is 9.59 Å². The quantitative estimate of drug-likeness (QED) is 0.853. The summed E-state index contributed by atoms with van der Waals surface area (Å²) in [7, 11) is 0. The number of carbonyl (C=O) groups excluding carboxylic acids is 2. The molecule has 0 saturated carbocycles. The van der Waals surface area contributed by atoms with E-state index in [-0.39, 0.29) is 17.9 Å². The van der Waals surface area contributed by atoms with E-state index in [0.717, 1.165) is 56.5 Å². The number of amides is 2. The monoisotopic (exact) mass is 347 g/mol. The van der Waals surface area contributed by atoms with Crippen molar-refractivity contribution in [3.8, 4) is 0 Å². The molecule has 1 aromatic heterocycles. The maximum atomic E-state index is 12.7. The summed E-state index contributed by atoms with van der Waals surface area (Å²) in [6.07, 6.45) is 4.78. The number of piperidine rings is 1. The predicted octanol–water partition coefficient (Wildman–Crippen LogP) is 1.87. The highest BCUT2D eigenvalue weighted by molar-refractivity contribution is 5.92. The molecule has 2 saturated heterocycles. The first-order valence-corrected chi connectivity index (χ1v) is 9.48. The molecular weight excluding hydrogens is 318 g/mol. The van der Waals surface area contributed by atoms with Crippen LogP contribution in [-0.4, -0.2) is 48.9 Å². The van der Waals surface area contributed by atoms with Crippen LogP contribution in [0.4, 0.5) is 0 Å². The van der Waals surface area contributed by atoms with Crippen molar-refractivity contribution < 1.29 is 14.0 Å². The average molecular weight is 347 g/mol. The third-order valence-electron chi connectivity index (χ3n) is 5.30. The zero-order valence-corrected chi connectivity index (χ0v) is 15.3. The Morgan fingerprint density at radius 1 is 1.36 bits per heavy atom. The fourth-order valence-corrected chi connectivity index (χ4v) is 3.82. The summed E-state index contributed by atoms with van der Waals surface area (Å²) < 4.78 is 5.71. The third-order valence-corrected chi connectivity index (χ3v) is 5.30. The molecule has 2 aliphatic heterocycles. The fraction of sp³-hybridized carbons (Fsp3) is 0.684. The van der Waals surface area contributed by atoms with E-state index in [4.69, 9.17) is 4.42 Å². The van der Waals surface area contributed by atoms with E-state index in [1.807, 2.05) is 24.8 Å². The van der Waals surface area contributed by atoms with Gasteiger partial charge in [-0.25, -0.2) is 0 Å². The lowest BCUT2D eigenvalue weighted by Gasteiger charge is -2.32. The molecule has 0 radical (unpaired) electrons. The molecule has 0 aromatic carbocycles. The molecule has 2 aliphatic rings.